The summed E-state index contributed by atoms with van der Waals surface area (Å²) in [5.41, 5.74) is 1.85. The number of carbonyl (C=O) groups is 1. The molecule has 0 aliphatic carbocycles. The van der Waals surface area contributed by atoms with E-state index in [1.807, 2.05) is 6.08 Å². The van der Waals surface area contributed by atoms with Crippen LogP contribution in [0.1, 0.15) is 39.0 Å². The van der Waals surface area contributed by atoms with E-state index in [9.17, 15) is 4.79 Å². The molecule has 0 saturated carbocycles. The van der Waals surface area contributed by atoms with Gasteiger partial charge >= 0.3 is 5.97 Å². The van der Waals surface area contributed by atoms with Gasteiger partial charge in [0.1, 0.15) is 11.3 Å². The SMILES string of the molecule is CCCCC1=CC(C2=NOC(CC(=O)OC)C2)C(Cl)=N1. The van der Waals surface area contributed by atoms with E-state index in [-0.39, 0.29) is 24.4 Å². The number of ether oxygens (including phenoxy) is 1. The standard InChI is InChI=1S/C14H19ClN2O3/c1-3-4-5-9-6-11(14(15)16-9)12-7-10(20-17-12)8-13(18)19-2/h6,10-11H,3-5,7-8H2,1-2H3. The molecule has 0 aromatic carbocycles. The third kappa shape index (κ3) is 3.60. The average molecular weight is 299 g/mol. The molecule has 2 atom stereocenters. The van der Waals surface area contributed by atoms with Crippen LogP contribution in [0.15, 0.2) is 21.9 Å². The molecule has 2 heterocycles. The molecule has 5 nitrogen and oxygen atoms in total. The van der Waals surface area contributed by atoms with Crippen molar-refractivity contribution in [2.45, 2.75) is 45.1 Å². The number of esters is 1. The first-order valence-corrected chi connectivity index (χ1v) is 7.26. The maximum Gasteiger partial charge on any atom is 0.309 e. The largest absolute Gasteiger partial charge is 0.469 e. The number of nitrogens with zero attached hydrogens (tertiary/aromatic N) is 2. The van der Waals surface area contributed by atoms with Crippen molar-refractivity contribution in [3.05, 3.63) is 11.8 Å². The molecule has 0 aromatic heterocycles. The van der Waals surface area contributed by atoms with Crippen LogP contribution in [-0.2, 0) is 14.4 Å². The quantitative estimate of drug-likeness (QED) is 0.708. The minimum Gasteiger partial charge on any atom is -0.469 e. The van der Waals surface area contributed by atoms with Crippen molar-refractivity contribution in [2.75, 3.05) is 7.11 Å². The fourth-order valence-corrected chi connectivity index (χ4v) is 2.55. The van der Waals surface area contributed by atoms with Crippen LogP contribution in [0.3, 0.4) is 0 Å². The molecule has 110 valence electrons. The summed E-state index contributed by atoms with van der Waals surface area (Å²) >= 11 is 6.18. The van der Waals surface area contributed by atoms with Crippen molar-refractivity contribution in [3.63, 3.8) is 0 Å². The highest BCUT2D eigenvalue weighted by Gasteiger charge is 2.32. The average Bonchev–Trinajstić information content (AvgIpc) is 3.02. The van der Waals surface area contributed by atoms with Crippen molar-refractivity contribution >= 4 is 28.5 Å². The highest BCUT2D eigenvalue weighted by molar-refractivity contribution is 6.68. The van der Waals surface area contributed by atoms with Gasteiger partial charge in [-0.3, -0.25) is 4.79 Å². The number of halogens is 1. The molecule has 20 heavy (non-hydrogen) atoms. The topological polar surface area (TPSA) is 60.2 Å². The Balaban J connectivity index is 1.92. The summed E-state index contributed by atoms with van der Waals surface area (Å²) in [4.78, 5) is 20.8. The van der Waals surface area contributed by atoms with E-state index in [4.69, 9.17) is 16.4 Å². The Bertz CT molecular complexity index is 471. The van der Waals surface area contributed by atoms with E-state index in [2.05, 4.69) is 21.8 Å². The Morgan fingerprint density at radius 3 is 3.10 bits per heavy atom. The zero-order valence-corrected chi connectivity index (χ0v) is 12.5. The van der Waals surface area contributed by atoms with Gasteiger partial charge in [0.05, 0.1) is 25.2 Å². The molecule has 2 aliphatic heterocycles. The van der Waals surface area contributed by atoms with Crippen molar-refractivity contribution in [2.24, 2.45) is 16.1 Å². The first-order chi connectivity index (χ1) is 9.63. The summed E-state index contributed by atoms with van der Waals surface area (Å²) in [6.07, 6.45) is 5.74. The zero-order chi connectivity index (χ0) is 14.5. The van der Waals surface area contributed by atoms with Crippen molar-refractivity contribution in [3.8, 4) is 0 Å². The number of methoxy groups -OCH3 is 1. The summed E-state index contributed by atoms with van der Waals surface area (Å²) in [7, 11) is 1.36. The Kier molecular flexibility index (Phi) is 5.17. The fourth-order valence-electron chi connectivity index (χ4n) is 2.25. The Hall–Kier alpha value is -1.36. The first kappa shape index (κ1) is 15.0. The van der Waals surface area contributed by atoms with E-state index >= 15 is 0 Å². The molecule has 0 fully saturated rings. The van der Waals surface area contributed by atoms with Crippen LogP contribution in [0.2, 0.25) is 0 Å². The summed E-state index contributed by atoms with van der Waals surface area (Å²) < 4.78 is 4.62. The van der Waals surface area contributed by atoms with Crippen LogP contribution in [0, 0.1) is 5.92 Å². The molecule has 0 aromatic rings. The van der Waals surface area contributed by atoms with Gasteiger partial charge in [0.15, 0.2) is 0 Å². The number of allylic oxidation sites excluding steroid dienone is 2. The number of aliphatic imine (C=N–C) groups is 1. The van der Waals surface area contributed by atoms with E-state index in [0.29, 0.717) is 11.6 Å². The minimum absolute atomic E-state index is 0.0915. The van der Waals surface area contributed by atoms with Gasteiger partial charge in [-0.15, -0.1) is 0 Å². The smallest absolute Gasteiger partial charge is 0.309 e. The Labute approximate surface area is 123 Å². The van der Waals surface area contributed by atoms with Crippen LogP contribution in [0.5, 0.6) is 0 Å². The number of carbonyl (C=O) groups excluding carboxylic acids is 1. The van der Waals surface area contributed by atoms with Gasteiger partial charge in [0.2, 0.25) is 0 Å². The maximum absolute atomic E-state index is 11.2. The summed E-state index contributed by atoms with van der Waals surface area (Å²) in [6.45, 7) is 2.14. The van der Waals surface area contributed by atoms with E-state index in [0.717, 1.165) is 30.7 Å². The van der Waals surface area contributed by atoms with Crippen molar-refractivity contribution < 1.29 is 14.4 Å². The molecule has 2 aliphatic rings. The third-order valence-corrected chi connectivity index (χ3v) is 3.71. The van der Waals surface area contributed by atoms with Gasteiger partial charge < -0.3 is 9.57 Å². The fraction of sp³-hybridized carbons (Fsp3) is 0.643. The van der Waals surface area contributed by atoms with E-state index in [1.54, 1.807) is 0 Å². The number of rotatable bonds is 6. The molecular weight excluding hydrogens is 280 g/mol. The highest BCUT2D eigenvalue weighted by Crippen LogP contribution is 2.29. The molecular formula is C14H19ClN2O3. The highest BCUT2D eigenvalue weighted by atomic mass is 35.5. The van der Waals surface area contributed by atoms with Gasteiger partial charge in [-0.05, 0) is 18.9 Å². The number of unbranched alkanes of at least 4 members (excludes halogenated alkanes) is 1. The predicted molar refractivity (Wildman–Crippen MR) is 77.9 cm³/mol. The Morgan fingerprint density at radius 2 is 2.40 bits per heavy atom. The molecule has 2 unspecified atom stereocenters. The van der Waals surface area contributed by atoms with Gasteiger partial charge in [0, 0.05) is 12.1 Å². The van der Waals surface area contributed by atoms with Gasteiger partial charge in [-0.25, -0.2) is 4.99 Å². The second kappa shape index (κ2) is 6.88. The molecule has 0 saturated heterocycles. The first-order valence-electron chi connectivity index (χ1n) is 6.88. The van der Waals surface area contributed by atoms with E-state index < -0.39 is 0 Å². The normalized spacial score (nSPS) is 24.9. The summed E-state index contributed by atoms with van der Waals surface area (Å²) in [6, 6.07) is 0. The zero-order valence-electron chi connectivity index (χ0n) is 11.8. The monoisotopic (exact) mass is 298 g/mol. The Morgan fingerprint density at radius 1 is 1.60 bits per heavy atom. The summed E-state index contributed by atoms with van der Waals surface area (Å²) in [5, 5.41) is 4.59. The second-order valence-corrected chi connectivity index (χ2v) is 5.36. The van der Waals surface area contributed by atoms with Crippen molar-refractivity contribution in [1.82, 2.24) is 0 Å². The molecule has 0 N–H and O–H groups in total. The number of oxime groups is 1. The van der Waals surface area contributed by atoms with Crippen molar-refractivity contribution in [1.29, 1.82) is 0 Å². The van der Waals surface area contributed by atoms with Crippen LogP contribution < -0.4 is 0 Å². The van der Waals surface area contributed by atoms with Crippen LogP contribution in [0.4, 0.5) is 0 Å². The number of hydrogen-bond acceptors (Lipinski definition) is 5. The molecule has 0 amide bonds. The van der Waals surface area contributed by atoms with E-state index in [1.165, 1.54) is 7.11 Å². The molecule has 0 bridgehead atoms. The lowest BCUT2D eigenvalue weighted by Gasteiger charge is -2.07. The van der Waals surface area contributed by atoms with Gasteiger partial charge in [-0.1, -0.05) is 30.1 Å². The molecule has 2 rings (SSSR count). The number of hydrogen-bond donors (Lipinski definition) is 0. The lowest BCUT2D eigenvalue weighted by Crippen LogP contribution is -2.19. The van der Waals surface area contributed by atoms with Crippen LogP contribution in [0.25, 0.3) is 0 Å². The lowest BCUT2D eigenvalue weighted by atomic mass is 9.98. The summed E-state index contributed by atoms with van der Waals surface area (Å²) in [5.74, 6) is -0.386. The molecule has 0 radical (unpaired) electrons. The third-order valence-electron chi connectivity index (χ3n) is 3.39. The minimum atomic E-state index is -0.295. The lowest BCUT2D eigenvalue weighted by molar-refractivity contribution is -0.143. The second-order valence-electron chi connectivity index (χ2n) is 4.97. The maximum atomic E-state index is 11.2. The van der Waals surface area contributed by atoms with Gasteiger partial charge in [-0.2, -0.15) is 0 Å². The van der Waals surface area contributed by atoms with Gasteiger partial charge in [0.25, 0.3) is 0 Å². The van der Waals surface area contributed by atoms with Crippen LogP contribution in [-0.4, -0.2) is 30.1 Å². The molecule has 6 heteroatoms. The molecule has 0 spiro atoms. The van der Waals surface area contributed by atoms with Crippen LogP contribution >= 0.6 is 11.6 Å². The predicted octanol–water partition coefficient (Wildman–Crippen LogP) is 3.04.